The summed E-state index contributed by atoms with van der Waals surface area (Å²) in [5, 5.41) is 8.71. The number of methoxy groups -OCH3 is 1. The van der Waals surface area contributed by atoms with E-state index in [0.717, 1.165) is 24.6 Å². The van der Waals surface area contributed by atoms with Crippen LogP contribution in [0, 0.1) is 0 Å². The predicted molar refractivity (Wildman–Crippen MR) is 101 cm³/mol. The molecule has 1 aromatic heterocycles. The Hall–Kier alpha value is -2.83. The average Bonchev–Trinajstić information content (AvgIpc) is 3.58. The van der Waals surface area contributed by atoms with Gasteiger partial charge >= 0.3 is 0 Å². The van der Waals surface area contributed by atoms with Crippen LogP contribution in [0.5, 0.6) is 11.5 Å². The van der Waals surface area contributed by atoms with Crippen molar-refractivity contribution in [2.45, 2.75) is 18.8 Å². The zero-order valence-electron chi connectivity index (χ0n) is 15.5. The van der Waals surface area contributed by atoms with Crippen molar-refractivity contribution < 1.29 is 14.3 Å². The summed E-state index contributed by atoms with van der Waals surface area (Å²) >= 11 is 0. The molecular weight excluding hydrogens is 344 g/mol. The molecule has 1 amide bonds. The van der Waals surface area contributed by atoms with Crippen molar-refractivity contribution in [1.29, 1.82) is 0 Å². The average molecular weight is 368 g/mol. The third-order valence-electron chi connectivity index (χ3n) is 5.03. The minimum atomic E-state index is -0.00682. The molecule has 1 aromatic carbocycles. The van der Waals surface area contributed by atoms with Gasteiger partial charge in [-0.2, -0.15) is 5.10 Å². The Kier molecular flexibility index (Phi) is 5.09. The molecule has 0 N–H and O–H groups in total. The van der Waals surface area contributed by atoms with Crippen molar-refractivity contribution in [2.75, 3.05) is 44.8 Å². The molecule has 4 rings (SSSR count). The van der Waals surface area contributed by atoms with Crippen LogP contribution in [0.25, 0.3) is 0 Å². The summed E-state index contributed by atoms with van der Waals surface area (Å²) in [6.07, 6.45) is 2.46. The number of aromatic nitrogens is 2. The third-order valence-corrected chi connectivity index (χ3v) is 5.03. The topological polar surface area (TPSA) is 67.8 Å². The standard InChI is InChI=1S/C20H24N4O3/c1-26-16-3-2-4-17(13-16)27-14-20(25)24-11-9-23(10-12-24)19-8-7-18(21-22-19)15-5-6-15/h2-4,7-8,13,15H,5-6,9-12,14H2,1H3. The number of nitrogens with zero attached hydrogens (tertiary/aromatic N) is 4. The van der Waals surface area contributed by atoms with Gasteiger partial charge in [-0.25, -0.2) is 0 Å². The molecular formula is C20H24N4O3. The number of piperazine rings is 1. The van der Waals surface area contributed by atoms with Gasteiger partial charge in [-0.15, -0.1) is 5.10 Å². The number of amides is 1. The lowest BCUT2D eigenvalue weighted by atomic mass is 10.2. The summed E-state index contributed by atoms with van der Waals surface area (Å²) in [7, 11) is 1.60. The Bertz CT molecular complexity index is 784. The van der Waals surface area contributed by atoms with Gasteiger partial charge in [0.1, 0.15) is 11.5 Å². The fourth-order valence-corrected chi connectivity index (χ4v) is 3.21. The molecule has 2 aliphatic rings. The molecule has 2 fully saturated rings. The molecule has 0 radical (unpaired) electrons. The van der Waals surface area contributed by atoms with E-state index >= 15 is 0 Å². The number of carbonyl (C=O) groups excluding carboxylic acids is 1. The van der Waals surface area contributed by atoms with Crippen LogP contribution < -0.4 is 14.4 Å². The monoisotopic (exact) mass is 368 g/mol. The maximum absolute atomic E-state index is 12.4. The van der Waals surface area contributed by atoms with Gasteiger partial charge in [-0.3, -0.25) is 4.79 Å². The van der Waals surface area contributed by atoms with Gasteiger partial charge < -0.3 is 19.3 Å². The Morgan fingerprint density at radius 3 is 2.52 bits per heavy atom. The molecule has 7 nitrogen and oxygen atoms in total. The fourth-order valence-electron chi connectivity index (χ4n) is 3.21. The molecule has 2 heterocycles. The first-order valence-corrected chi connectivity index (χ1v) is 9.36. The van der Waals surface area contributed by atoms with Crippen molar-refractivity contribution in [3.8, 4) is 11.5 Å². The van der Waals surface area contributed by atoms with Crippen LogP contribution in [0.1, 0.15) is 24.5 Å². The minimum absolute atomic E-state index is 0.00682. The van der Waals surface area contributed by atoms with E-state index < -0.39 is 0 Å². The molecule has 0 bridgehead atoms. The quantitative estimate of drug-likeness (QED) is 0.778. The number of anilines is 1. The van der Waals surface area contributed by atoms with Crippen LogP contribution in [-0.4, -0.2) is 60.9 Å². The lowest BCUT2D eigenvalue weighted by Crippen LogP contribution is -2.50. The second kappa shape index (κ2) is 7.82. The summed E-state index contributed by atoms with van der Waals surface area (Å²) < 4.78 is 10.8. The van der Waals surface area contributed by atoms with Gasteiger partial charge in [0, 0.05) is 38.2 Å². The zero-order valence-corrected chi connectivity index (χ0v) is 15.5. The van der Waals surface area contributed by atoms with Crippen LogP contribution in [0.3, 0.4) is 0 Å². The Morgan fingerprint density at radius 2 is 1.85 bits per heavy atom. The van der Waals surface area contributed by atoms with E-state index in [9.17, 15) is 4.79 Å². The highest BCUT2D eigenvalue weighted by Gasteiger charge is 2.26. The number of benzene rings is 1. The number of hydrogen-bond donors (Lipinski definition) is 0. The van der Waals surface area contributed by atoms with Crippen LogP contribution in [0.2, 0.25) is 0 Å². The highest BCUT2D eigenvalue weighted by Crippen LogP contribution is 2.38. The van der Waals surface area contributed by atoms with Crippen molar-refractivity contribution in [2.24, 2.45) is 0 Å². The normalized spacial score (nSPS) is 16.9. The van der Waals surface area contributed by atoms with Crippen molar-refractivity contribution >= 4 is 11.7 Å². The largest absolute Gasteiger partial charge is 0.497 e. The molecule has 1 saturated heterocycles. The van der Waals surface area contributed by atoms with Gasteiger partial charge in [0.05, 0.1) is 12.8 Å². The second-order valence-electron chi connectivity index (χ2n) is 6.93. The van der Waals surface area contributed by atoms with E-state index in [4.69, 9.17) is 9.47 Å². The summed E-state index contributed by atoms with van der Waals surface area (Å²) in [4.78, 5) is 16.4. The molecule has 142 valence electrons. The number of rotatable bonds is 6. The molecule has 1 saturated carbocycles. The summed E-state index contributed by atoms with van der Waals surface area (Å²) in [5.74, 6) is 2.84. The predicted octanol–water partition coefficient (Wildman–Crippen LogP) is 2.09. The highest BCUT2D eigenvalue weighted by molar-refractivity contribution is 5.78. The third kappa shape index (κ3) is 4.30. The first kappa shape index (κ1) is 17.6. The van der Waals surface area contributed by atoms with Crippen molar-refractivity contribution in [3.05, 3.63) is 42.1 Å². The second-order valence-corrected chi connectivity index (χ2v) is 6.93. The van der Waals surface area contributed by atoms with Gasteiger partial charge in [0.15, 0.2) is 12.4 Å². The van der Waals surface area contributed by atoms with Gasteiger partial charge in [-0.05, 0) is 37.1 Å². The van der Waals surface area contributed by atoms with E-state index in [-0.39, 0.29) is 12.5 Å². The van der Waals surface area contributed by atoms with Gasteiger partial charge in [-0.1, -0.05) is 6.07 Å². The van der Waals surface area contributed by atoms with E-state index in [0.29, 0.717) is 30.5 Å². The lowest BCUT2D eigenvalue weighted by molar-refractivity contribution is -0.133. The molecule has 7 heteroatoms. The minimum Gasteiger partial charge on any atom is -0.497 e. The molecule has 0 unspecified atom stereocenters. The van der Waals surface area contributed by atoms with Crippen LogP contribution >= 0.6 is 0 Å². The van der Waals surface area contributed by atoms with Gasteiger partial charge in [0.25, 0.3) is 5.91 Å². The van der Waals surface area contributed by atoms with E-state index in [2.05, 4.69) is 21.2 Å². The van der Waals surface area contributed by atoms with E-state index in [1.165, 1.54) is 12.8 Å². The molecule has 27 heavy (non-hydrogen) atoms. The Morgan fingerprint density at radius 1 is 1.07 bits per heavy atom. The van der Waals surface area contributed by atoms with E-state index in [1.54, 1.807) is 13.2 Å². The smallest absolute Gasteiger partial charge is 0.260 e. The fraction of sp³-hybridized carbons (Fsp3) is 0.450. The summed E-state index contributed by atoms with van der Waals surface area (Å²) in [5.41, 5.74) is 1.10. The maximum atomic E-state index is 12.4. The number of ether oxygens (including phenoxy) is 2. The SMILES string of the molecule is COc1cccc(OCC(=O)N2CCN(c3ccc(C4CC4)nn3)CC2)c1. The first-order valence-electron chi connectivity index (χ1n) is 9.36. The van der Waals surface area contributed by atoms with Gasteiger partial charge in [0.2, 0.25) is 0 Å². The van der Waals surface area contributed by atoms with Crippen LogP contribution in [0.4, 0.5) is 5.82 Å². The molecule has 1 aliphatic carbocycles. The van der Waals surface area contributed by atoms with Crippen LogP contribution in [-0.2, 0) is 4.79 Å². The Labute approximate surface area is 158 Å². The first-order chi connectivity index (χ1) is 13.2. The van der Waals surface area contributed by atoms with Crippen LogP contribution in [0.15, 0.2) is 36.4 Å². The Balaban J connectivity index is 1.26. The number of carbonyl (C=O) groups is 1. The van der Waals surface area contributed by atoms with Crippen molar-refractivity contribution in [1.82, 2.24) is 15.1 Å². The molecule has 0 atom stereocenters. The molecule has 1 aliphatic heterocycles. The lowest BCUT2D eigenvalue weighted by Gasteiger charge is -2.35. The summed E-state index contributed by atoms with van der Waals surface area (Å²) in [6, 6.07) is 11.4. The zero-order chi connectivity index (χ0) is 18.6. The van der Waals surface area contributed by atoms with Crippen molar-refractivity contribution in [3.63, 3.8) is 0 Å². The number of hydrogen-bond acceptors (Lipinski definition) is 6. The van der Waals surface area contributed by atoms with E-state index in [1.807, 2.05) is 29.2 Å². The highest BCUT2D eigenvalue weighted by atomic mass is 16.5. The summed E-state index contributed by atoms with van der Waals surface area (Å²) in [6.45, 7) is 2.85. The molecule has 0 spiro atoms. The molecule has 2 aromatic rings. The maximum Gasteiger partial charge on any atom is 0.260 e.